The smallest absolute Gasteiger partial charge is 0.410 e. The van der Waals surface area contributed by atoms with Gasteiger partial charge < -0.3 is 14.4 Å². The van der Waals surface area contributed by atoms with E-state index >= 15 is 0 Å². The fraction of sp³-hybridized carbons (Fsp3) is 0.800. The molecule has 0 saturated carbocycles. The number of alkyl halides is 1. The van der Waals surface area contributed by atoms with Crippen molar-refractivity contribution < 1.29 is 18.7 Å². The lowest BCUT2D eigenvalue weighted by Crippen LogP contribution is -2.54. The summed E-state index contributed by atoms with van der Waals surface area (Å²) < 4.78 is 24.8. The van der Waals surface area contributed by atoms with Gasteiger partial charge in [0.15, 0.2) is 0 Å². The molecule has 0 spiro atoms. The van der Waals surface area contributed by atoms with Crippen LogP contribution in [-0.2, 0) is 9.47 Å². The van der Waals surface area contributed by atoms with Crippen molar-refractivity contribution in [2.24, 2.45) is 5.92 Å². The number of methoxy groups -OCH3 is 1. The van der Waals surface area contributed by atoms with Crippen molar-refractivity contribution in [3.05, 3.63) is 12.2 Å². The van der Waals surface area contributed by atoms with E-state index in [0.29, 0.717) is 13.0 Å². The second-order valence-corrected chi connectivity index (χ2v) is 6.17. The highest BCUT2D eigenvalue weighted by molar-refractivity contribution is 5.68. The number of carbonyl (C=O) groups is 1. The van der Waals surface area contributed by atoms with E-state index in [1.165, 1.54) is 7.11 Å². The van der Waals surface area contributed by atoms with Gasteiger partial charge in [-0.1, -0.05) is 12.2 Å². The van der Waals surface area contributed by atoms with Gasteiger partial charge in [-0.05, 0) is 34.1 Å². The minimum atomic E-state index is -1.06. The van der Waals surface area contributed by atoms with Gasteiger partial charge >= 0.3 is 6.09 Å². The third-order valence-corrected chi connectivity index (χ3v) is 3.29. The Bertz CT molecular complexity index is 352. The predicted octanol–water partition coefficient (Wildman–Crippen LogP) is 3.17. The van der Waals surface area contributed by atoms with Crippen LogP contribution in [0.2, 0.25) is 0 Å². The van der Waals surface area contributed by atoms with Crippen molar-refractivity contribution in [1.82, 2.24) is 4.90 Å². The van der Waals surface area contributed by atoms with Gasteiger partial charge in [-0.25, -0.2) is 9.18 Å². The summed E-state index contributed by atoms with van der Waals surface area (Å²) in [7, 11) is 1.47. The molecule has 1 unspecified atom stereocenters. The van der Waals surface area contributed by atoms with Crippen molar-refractivity contribution in [2.75, 3.05) is 20.2 Å². The number of nitrogens with zero attached hydrogens (tertiary/aromatic N) is 1. The lowest BCUT2D eigenvalue weighted by molar-refractivity contribution is -0.0605. The Morgan fingerprint density at radius 2 is 2.05 bits per heavy atom. The molecule has 0 aromatic rings. The molecule has 1 rings (SSSR count). The normalized spacial score (nSPS) is 27.9. The first-order valence-electron chi connectivity index (χ1n) is 7.04. The molecule has 0 aromatic heterocycles. The average molecular weight is 287 g/mol. The maximum Gasteiger partial charge on any atom is 0.410 e. The first-order valence-corrected chi connectivity index (χ1v) is 7.04. The summed E-state index contributed by atoms with van der Waals surface area (Å²) in [5.74, 6) is -0.252. The SMILES string of the molecule is C/C=C\CC1CN(C(=O)OC(C)(C)C)C[C@@H](OC)[C@@H]1F. The second kappa shape index (κ2) is 7.07. The monoisotopic (exact) mass is 287 g/mol. The summed E-state index contributed by atoms with van der Waals surface area (Å²) in [5.41, 5.74) is -0.551. The van der Waals surface area contributed by atoms with Crippen molar-refractivity contribution in [1.29, 1.82) is 0 Å². The minimum absolute atomic E-state index is 0.235. The number of halogens is 1. The topological polar surface area (TPSA) is 38.8 Å². The number of hydrogen-bond donors (Lipinski definition) is 0. The van der Waals surface area contributed by atoms with Crippen LogP contribution >= 0.6 is 0 Å². The highest BCUT2D eigenvalue weighted by Gasteiger charge is 2.39. The van der Waals surface area contributed by atoms with E-state index in [2.05, 4.69) is 0 Å². The molecular formula is C15H26FNO3. The third-order valence-electron chi connectivity index (χ3n) is 3.29. The number of hydrogen-bond acceptors (Lipinski definition) is 3. The fourth-order valence-electron chi connectivity index (χ4n) is 2.28. The van der Waals surface area contributed by atoms with Crippen LogP contribution in [0.4, 0.5) is 9.18 Å². The Labute approximate surface area is 120 Å². The number of allylic oxidation sites excluding steroid dienone is 2. The summed E-state index contributed by atoms with van der Waals surface area (Å²) in [6.07, 6.45) is 2.35. The first kappa shape index (κ1) is 17.0. The number of carbonyl (C=O) groups excluding carboxylic acids is 1. The molecule has 0 radical (unpaired) electrons. The van der Waals surface area contributed by atoms with Crippen molar-refractivity contribution >= 4 is 6.09 Å². The lowest BCUT2D eigenvalue weighted by Gasteiger charge is -2.39. The second-order valence-electron chi connectivity index (χ2n) is 6.17. The van der Waals surface area contributed by atoms with Gasteiger partial charge in [-0.3, -0.25) is 0 Å². The van der Waals surface area contributed by atoms with Crippen LogP contribution < -0.4 is 0 Å². The first-order chi connectivity index (χ1) is 9.28. The van der Waals surface area contributed by atoms with Gasteiger partial charge in [-0.15, -0.1) is 0 Å². The summed E-state index contributed by atoms with van der Waals surface area (Å²) in [5, 5.41) is 0. The van der Waals surface area contributed by atoms with E-state index in [-0.39, 0.29) is 12.5 Å². The maximum atomic E-state index is 14.3. The van der Waals surface area contributed by atoms with Gasteiger partial charge in [0.05, 0.1) is 6.54 Å². The molecular weight excluding hydrogens is 261 g/mol. The summed E-state index contributed by atoms with van der Waals surface area (Å²) in [6, 6.07) is 0. The Kier molecular flexibility index (Phi) is 5.99. The molecule has 1 heterocycles. The maximum absolute atomic E-state index is 14.3. The van der Waals surface area contributed by atoms with E-state index in [1.807, 2.05) is 39.8 Å². The molecule has 5 heteroatoms. The number of amides is 1. The molecule has 20 heavy (non-hydrogen) atoms. The number of likely N-dealkylation sites (tertiary alicyclic amines) is 1. The lowest BCUT2D eigenvalue weighted by atomic mass is 9.91. The Balaban J connectivity index is 2.75. The zero-order valence-electron chi connectivity index (χ0n) is 13.1. The van der Waals surface area contributed by atoms with Gasteiger partial charge in [0, 0.05) is 19.6 Å². The number of ether oxygens (including phenoxy) is 2. The quantitative estimate of drug-likeness (QED) is 0.748. The van der Waals surface area contributed by atoms with E-state index in [4.69, 9.17) is 9.47 Å². The van der Waals surface area contributed by atoms with E-state index < -0.39 is 24.0 Å². The van der Waals surface area contributed by atoms with Crippen LogP contribution in [0.3, 0.4) is 0 Å². The van der Waals surface area contributed by atoms with Crippen molar-refractivity contribution in [3.63, 3.8) is 0 Å². The van der Waals surface area contributed by atoms with E-state index in [1.54, 1.807) is 4.90 Å². The molecule has 3 atom stereocenters. The molecule has 116 valence electrons. The Morgan fingerprint density at radius 3 is 2.55 bits per heavy atom. The van der Waals surface area contributed by atoms with Crippen LogP contribution in [0, 0.1) is 5.92 Å². The van der Waals surface area contributed by atoms with Gasteiger partial charge in [0.2, 0.25) is 0 Å². The highest BCUT2D eigenvalue weighted by Crippen LogP contribution is 2.27. The highest BCUT2D eigenvalue weighted by atomic mass is 19.1. The van der Waals surface area contributed by atoms with E-state index in [9.17, 15) is 9.18 Å². The molecule has 0 aromatic carbocycles. The van der Waals surface area contributed by atoms with Crippen LogP contribution in [0.5, 0.6) is 0 Å². The summed E-state index contributed by atoms with van der Waals surface area (Å²) in [6.45, 7) is 7.95. The standard InChI is InChI=1S/C15H26FNO3/c1-6-7-8-11-9-17(10-12(19-5)13(11)16)14(18)20-15(2,3)4/h6-7,11-13H,8-10H2,1-5H3/b7-6-/t11?,12-,13-/m1/s1. The molecule has 1 aliphatic rings. The summed E-state index contributed by atoms with van der Waals surface area (Å²) >= 11 is 0. The van der Waals surface area contributed by atoms with Crippen molar-refractivity contribution in [3.8, 4) is 0 Å². The largest absolute Gasteiger partial charge is 0.444 e. The molecule has 1 amide bonds. The zero-order valence-corrected chi connectivity index (χ0v) is 13.1. The molecule has 4 nitrogen and oxygen atoms in total. The average Bonchev–Trinajstić information content (AvgIpc) is 2.35. The number of piperidine rings is 1. The molecule has 0 N–H and O–H groups in total. The fourth-order valence-corrected chi connectivity index (χ4v) is 2.28. The molecule has 0 aliphatic carbocycles. The van der Waals surface area contributed by atoms with Crippen LogP contribution in [0.15, 0.2) is 12.2 Å². The predicted molar refractivity (Wildman–Crippen MR) is 76.4 cm³/mol. The minimum Gasteiger partial charge on any atom is -0.444 e. The molecule has 0 bridgehead atoms. The zero-order chi connectivity index (χ0) is 15.3. The van der Waals surface area contributed by atoms with Crippen LogP contribution in [-0.4, -0.2) is 49.1 Å². The Hall–Kier alpha value is -1.10. The Morgan fingerprint density at radius 1 is 1.40 bits per heavy atom. The third kappa shape index (κ3) is 4.78. The van der Waals surface area contributed by atoms with Crippen LogP contribution in [0.25, 0.3) is 0 Å². The molecule has 1 saturated heterocycles. The van der Waals surface area contributed by atoms with E-state index in [0.717, 1.165) is 0 Å². The van der Waals surface area contributed by atoms with Crippen LogP contribution in [0.1, 0.15) is 34.1 Å². The van der Waals surface area contributed by atoms with Crippen molar-refractivity contribution in [2.45, 2.75) is 52.0 Å². The number of rotatable bonds is 3. The molecule has 1 aliphatic heterocycles. The van der Waals surface area contributed by atoms with Gasteiger partial charge in [-0.2, -0.15) is 0 Å². The molecule has 1 fully saturated rings. The summed E-state index contributed by atoms with van der Waals surface area (Å²) in [4.78, 5) is 13.7. The van der Waals surface area contributed by atoms with Gasteiger partial charge in [0.1, 0.15) is 17.9 Å². The van der Waals surface area contributed by atoms with Gasteiger partial charge in [0.25, 0.3) is 0 Å².